The number of fused-ring (bicyclic) bond motifs is 1. The average Bonchev–Trinajstić information content (AvgIpc) is 3.27. The van der Waals surface area contributed by atoms with Crippen LogP contribution in [0.1, 0.15) is 48.5 Å². The van der Waals surface area contributed by atoms with Gasteiger partial charge in [0.15, 0.2) is 5.78 Å². The third-order valence-electron chi connectivity index (χ3n) is 7.18. The first kappa shape index (κ1) is 22.7. The Morgan fingerprint density at radius 2 is 1.81 bits per heavy atom. The molecule has 2 unspecified atom stereocenters. The molecule has 168 valence electrons. The van der Waals surface area contributed by atoms with Gasteiger partial charge in [0, 0.05) is 18.7 Å². The Kier molecular flexibility index (Phi) is 6.78. The van der Waals surface area contributed by atoms with Gasteiger partial charge in [0.05, 0.1) is 12.1 Å². The Bertz CT molecular complexity index is 990. The lowest BCUT2D eigenvalue weighted by Crippen LogP contribution is -2.32. The van der Waals surface area contributed by atoms with Crippen molar-refractivity contribution in [2.75, 3.05) is 19.6 Å². The summed E-state index contributed by atoms with van der Waals surface area (Å²) in [5.41, 5.74) is 4.84. The fourth-order valence-electron chi connectivity index (χ4n) is 5.57. The van der Waals surface area contributed by atoms with E-state index in [0.29, 0.717) is 18.4 Å². The number of aliphatic hydroxyl groups is 1. The molecular formula is C29H35NO2. The first-order valence-corrected chi connectivity index (χ1v) is 11.8. The van der Waals surface area contributed by atoms with Gasteiger partial charge in [-0.1, -0.05) is 78.4 Å². The van der Waals surface area contributed by atoms with Crippen LogP contribution < -0.4 is 0 Å². The van der Waals surface area contributed by atoms with Gasteiger partial charge in [0.2, 0.25) is 0 Å². The summed E-state index contributed by atoms with van der Waals surface area (Å²) in [6.07, 6.45) is 7.35. The van der Waals surface area contributed by atoms with Crippen molar-refractivity contribution in [3.63, 3.8) is 0 Å². The molecule has 3 heteroatoms. The number of allylic oxidation sites excluding steroid dienone is 3. The maximum atomic E-state index is 12.9. The van der Waals surface area contributed by atoms with Crippen molar-refractivity contribution in [2.45, 2.75) is 45.1 Å². The van der Waals surface area contributed by atoms with Gasteiger partial charge in [-0.3, -0.25) is 9.69 Å². The van der Waals surface area contributed by atoms with Crippen molar-refractivity contribution in [1.29, 1.82) is 0 Å². The van der Waals surface area contributed by atoms with Crippen molar-refractivity contribution in [1.82, 2.24) is 4.90 Å². The molecule has 1 heterocycles. The Hall–Kier alpha value is -2.49. The monoisotopic (exact) mass is 429 g/mol. The van der Waals surface area contributed by atoms with E-state index < -0.39 is 5.60 Å². The van der Waals surface area contributed by atoms with E-state index in [0.717, 1.165) is 55.5 Å². The van der Waals surface area contributed by atoms with Crippen molar-refractivity contribution >= 4 is 5.78 Å². The van der Waals surface area contributed by atoms with Crippen LogP contribution in [0.2, 0.25) is 0 Å². The number of ketones is 1. The second-order valence-corrected chi connectivity index (χ2v) is 9.88. The first-order chi connectivity index (χ1) is 15.3. The minimum Gasteiger partial charge on any atom is -0.390 e. The van der Waals surface area contributed by atoms with Crippen LogP contribution in [0.5, 0.6) is 0 Å². The topological polar surface area (TPSA) is 40.5 Å². The molecular weight excluding hydrogens is 394 g/mol. The fraction of sp³-hybridized carbons (Fsp3) is 0.414. The normalized spacial score (nSPS) is 25.3. The van der Waals surface area contributed by atoms with Gasteiger partial charge in [-0.05, 0) is 62.5 Å². The van der Waals surface area contributed by atoms with Crippen LogP contribution in [-0.4, -0.2) is 41.0 Å². The third kappa shape index (κ3) is 5.28. The Morgan fingerprint density at radius 1 is 1.12 bits per heavy atom. The van der Waals surface area contributed by atoms with Crippen molar-refractivity contribution in [3.05, 3.63) is 84.0 Å². The minimum atomic E-state index is -0.568. The second-order valence-electron chi connectivity index (χ2n) is 9.88. The Morgan fingerprint density at radius 3 is 2.44 bits per heavy atom. The van der Waals surface area contributed by atoms with E-state index in [2.05, 4.69) is 42.7 Å². The number of aryl methyl sites for hydroxylation is 1. The zero-order valence-corrected chi connectivity index (χ0v) is 19.4. The Labute approximate surface area is 192 Å². The highest BCUT2D eigenvalue weighted by Crippen LogP contribution is 2.46. The number of hydrogen-bond acceptors (Lipinski definition) is 3. The first-order valence-electron chi connectivity index (χ1n) is 11.8. The predicted octanol–water partition coefficient (Wildman–Crippen LogP) is 5.83. The number of nitrogens with zero attached hydrogens (tertiary/aromatic N) is 1. The summed E-state index contributed by atoms with van der Waals surface area (Å²) >= 11 is 0. The average molecular weight is 430 g/mol. The van der Waals surface area contributed by atoms with Crippen LogP contribution >= 0.6 is 0 Å². The van der Waals surface area contributed by atoms with Gasteiger partial charge in [-0.25, -0.2) is 0 Å². The van der Waals surface area contributed by atoms with E-state index in [4.69, 9.17) is 0 Å². The van der Waals surface area contributed by atoms with Gasteiger partial charge in [-0.2, -0.15) is 0 Å². The number of hydrogen-bond donors (Lipinski definition) is 1. The smallest absolute Gasteiger partial charge is 0.176 e. The van der Waals surface area contributed by atoms with Gasteiger partial charge in [0.25, 0.3) is 0 Å². The highest BCUT2D eigenvalue weighted by molar-refractivity contribution is 5.98. The fourth-order valence-corrected chi connectivity index (χ4v) is 5.57. The van der Waals surface area contributed by atoms with E-state index in [9.17, 15) is 9.90 Å². The molecule has 0 radical (unpaired) electrons. The Balaban J connectivity index is 1.29. The largest absolute Gasteiger partial charge is 0.390 e. The minimum absolute atomic E-state index is 0.179. The summed E-state index contributed by atoms with van der Waals surface area (Å²) in [4.78, 5) is 15.2. The van der Waals surface area contributed by atoms with Gasteiger partial charge >= 0.3 is 0 Å². The number of Topliss-reactive ketones (excluding diaryl/α,β-unsaturated/α-hetero) is 1. The van der Waals surface area contributed by atoms with E-state index in [1.54, 1.807) is 0 Å². The van der Waals surface area contributed by atoms with Crippen molar-refractivity contribution in [2.24, 2.45) is 11.8 Å². The molecule has 0 spiro atoms. The molecule has 1 saturated heterocycles. The number of carbonyl (C=O) groups excluding carboxylic acids is 1. The summed E-state index contributed by atoms with van der Waals surface area (Å²) in [6.45, 7) is 10.4. The number of carbonyl (C=O) groups is 1. The number of rotatable bonds is 8. The second kappa shape index (κ2) is 9.56. The molecule has 0 bridgehead atoms. The molecule has 2 aromatic rings. The van der Waals surface area contributed by atoms with Crippen LogP contribution in [0.3, 0.4) is 0 Å². The maximum absolute atomic E-state index is 12.9. The molecule has 2 atom stereocenters. The van der Waals surface area contributed by atoms with E-state index >= 15 is 0 Å². The summed E-state index contributed by atoms with van der Waals surface area (Å²) in [5.74, 6) is 1.16. The van der Waals surface area contributed by atoms with Gasteiger partial charge in [0.1, 0.15) is 0 Å². The molecule has 2 aromatic carbocycles. The summed E-state index contributed by atoms with van der Waals surface area (Å²) in [5, 5.41) is 11.0. The molecule has 2 fully saturated rings. The van der Waals surface area contributed by atoms with Crippen LogP contribution in [0.4, 0.5) is 0 Å². The lowest BCUT2D eigenvalue weighted by Gasteiger charge is -2.26. The zero-order chi connectivity index (χ0) is 22.7. The molecule has 1 N–H and O–H groups in total. The SMILES string of the molecule is C=C(C=CC)CCC1(O)CC2CN(CC(=O)c3ccc(-c4cccc(C)c4)cc3)CC2C1. The summed E-state index contributed by atoms with van der Waals surface area (Å²) < 4.78 is 0. The van der Waals surface area contributed by atoms with E-state index in [1.807, 2.05) is 43.3 Å². The van der Waals surface area contributed by atoms with Crippen LogP contribution in [-0.2, 0) is 0 Å². The molecule has 1 aliphatic heterocycles. The highest BCUT2D eigenvalue weighted by Gasteiger charge is 2.47. The molecule has 3 nitrogen and oxygen atoms in total. The highest BCUT2D eigenvalue weighted by atomic mass is 16.3. The van der Waals surface area contributed by atoms with E-state index in [1.165, 1.54) is 11.1 Å². The summed E-state index contributed by atoms with van der Waals surface area (Å²) in [7, 11) is 0. The van der Waals surface area contributed by atoms with Crippen molar-refractivity contribution < 1.29 is 9.90 Å². The molecule has 1 saturated carbocycles. The summed E-state index contributed by atoms with van der Waals surface area (Å²) in [6, 6.07) is 16.4. The van der Waals surface area contributed by atoms with Crippen LogP contribution in [0, 0.1) is 18.8 Å². The van der Waals surface area contributed by atoms with Gasteiger partial charge < -0.3 is 5.11 Å². The van der Waals surface area contributed by atoms with Crippen LogP contribution in [0.25, 0.3) is 11.1 Å². The van der Waals surface area contributed by atoms with Crippen molar-refractivity contribution in [3.8, 4) is 11.1 Å². The molecule has 1 aliphatic carbocycles. The third-order valence-corrected chi connectivity index (χ3v) is 7.18. The van der Waals surface area contributed by atoms with Gasteiger partial charge in [-0.15, -0.1) is 0 Å². The molecule has 0 aromatic heterocycles. The predicted molar refractivity (Wildman–Crippen MR) is 132 cm³/mol. The molecule has 32 heavy (non-hydrogen) atoms. The lowest BCUT2D eigenvalue weighted by molar-refractivity contribution is 0.0273. The zero-order valence-electron chi connectivity index (χ0n) is 19.4. The number of likely N-dealkylation sites (tertiary alicyclic amines) is 1. The molecule has 2 aliphatic rings. The van der Waals surface area contributed by atoms with E-state index in [-0.39, 0.29) is 5.78 Å². The molecule has 4 rings (SSSR count). The lowest BCUT2D eigenvalue weighted by atomic mass is 9.92. The maximum Gasteiger partial charge on any atom is 0.176 e. The quantitative estimate of drug-likeness (QED) is 0.424. The number of benzene rings is 2. The molecule has 0 amide bonds. The van der Waals surface area contributed by atoms with Crippen LogP contribution in [0.15, 0.2) is 72.8 Å². The standard InChI is InChI=1S/C29H35NO2/c1-4-6-21(2)13-14-29(32)16-26-18-30(19-27(26)17-29)20-28(31)24-11-9-23(10-12-24)25-8-5-7-22(3)15-25/h4-12,15,26-27,32H,2,13-14,16-20H2,1,3H3.